The van der Waals surface area contributed by atoms with Gasteiger partial charge in [0, 0.05) is 0 Å². The van der Waals surface area contributed by atoms with Crippen LogP contribution >= 0.6 is 0 Å². The van der Waals surface area contributed by atoms with Gasteiger partial charge in [-0.15, -0.1) is 0 Å². The molecule has 1 aliphatic heterocycles. The molecular formula is C8H14IO2-. The molecule has 0 bridgehead atoms. The molecule has 0 aromatic heterocycles. The molecule has 2 nitrogen and oxygen atoms in total. The van der Waals surface area contributed by atoms with E-state index in [0.717, 1.165) is 12.8 Å². The van der Waals surface area contributed by atoms with E-state index in [2.05, 4.69) is 0 Å². The zero-order valence-electron chi connectivity index (χ0n) is 6.81. The minimum absolute atomic E-state index is 0.0382. The van der Waals surface area contributed by atoms with Crippen molar-refractivity contribution in [2.45, 2.75) is 19.8 Å². The summed E-state index contributed by atoms with van der Waals surface area (Å²) in [6.45, 7) is 2.40. The van der Waals surface area contributed by atoms with Crippen LogP contribution in [-0.2, 0) is 9.53 Å². The Balaban J connectivity index is 2.27. The maximum atomic E-state index is 11.2. The molecule has 11 heavy (non-hydrogen) atoms. The molecule has 0 aromatic carbocycles. The van der Waals surface area contributed by atoms with Crippen molar-refractivity contribution in [2.24, 2.45) is 5.92 Å². The first kappa shape index (κ1) is 9.29. The first-order valence-corrected chi connectivity index (χ1v) is 7.09. The molecule has 0 unspecified atom stereocenters. The van der Waals surface area contributed by atoms with Crippen molar-refractivity contribution in [2.75, 3.05) is 15.5 Å². The van der Waals surface area contributed by atoms with Crippen molar-refractivity contribution in [3.05, 3.63) is 0 Å². The summed E-state index contributed by atoms with van der Waals surface area (Å²) in [7, 11) is 0. The Bertz CT molecular complexity index is 130. The van der Waals surface area contributed by atoms with Crippen LogP contribution in [0.3, 0.4) is 0 Å². The van der Waals surface area contributed by atoms with E-state index in [-0.39, 0.29) is 11.9 Å². The van der Waals surface area contributed by atoms with Crippen LogP contribution in [0.4, 0.5) is 0 Å². The van der Waals surface area contributed by atoms with Gasteiger partial charge in [0.2, 0.25) is 0 Å². The first-order valence-electron chi connectivity index (χ1n) is 4.04. The number of carbonyl (C=O) groups excluding carboxylic acids is 1. The predicted octanol–water partition coefficient (Wildman–Crippen LogP) is -1.95. The summed E-state index contributed by atoms with van der Waals surface area (Å²) < 4.78 is 7.57. The number of esters is 1. The molecule has 3 heteroatoms. The minimum atomic E-state index is 0.0382. The van der Waals surface area contributed by atoms with Crippen LogP contribution in [0.1, 0.15) is 19.8 Å². The van der Waals surface area contributed by atoms with Crippen molar-refractivity contribution in [3.63, 3.8) is 0 Å². The topological polar surface area (TPSA) is 26.3 Å². The number of alkyl halides is 2. The van der Waals surface area contributed by atoms with Gasteiger partial charge in [-0.3, -0.25) is 0 Å². The molecule has 0 N–H and O–H groups in total. The van der Waals surface area contributed by atoms with E-state index in [1.807, 2.05) is 6.92 Å². The van der Waals surface area contributed by atoms with Crippen molar-refractivity contribution in [1.82, 2.24) is 0 Å². The Morgan fingerprint density at radius 2 is 2.18 bits per heavy atom. The van der Waals surface area contributed by atoms with E-state index in [1.54, 1.807) is 0 Å². The monoisotopic (exact) mass is 269 g/mol. The molecule has 1 aliphatic rings. The molecule has 1 rings (SSSR count). The summed E-state index contributed by atoms with van der Waals surface area (Å²) in [5.74, 6) is 0.277. The van der Waals surface area contributed by atoms with E-state index >= 15 is 0 Å². The van der Waals surface area contributed by atoms with E-state index in [1.165, 1.54) is 8.86 Å². The Kier molecular flexibility index (Phi) is 4.18. The molecule has 1 heterocycles. The summed E-state index contributed by atoms with van der Waals surface area (Å²) >= 11 is 0.444. The van der Waals surface area contributed by atoms with Crippen LogP contribution in [0.15, 0.2) is 0 Å². The average molecular weight is 269 g/mol. The quantitative estimate of drug-likeness (QED) is 0.331. The fourth-order valence-corrected chi connectivity index (χ4v) is 4.08. The van der Waals surface area contributed by atoms with Gasteiger partial charge in [0.25, 0.3) is 0 Å². The van der Waals surface area contributed by atoms with Crippen LogP contribution in [0, 0.1) is 5.92 Å². The number of halogens is 1. The van der Waals surface area contributed by atoms with Gasteiger partial charge in [-0.05, 0) is 0 Å². The van der Waals surface area contributed by atoms with Gasteiger partial charge in [0.1, 0.15) is 0 Å². The van der Waals surface area contributed by atoms with Crippen LogP contribution < -0.4 is 21.2 Å². The van der Waals surface area contributed by atoms with Crippen LogP contribution in [-0.4, -0.2) is 21.4 Å². The molecule has 1 fully saturated rings. The van der Waals surface area contributed by atoms with E-state index in [9.17, 15) is 4.79 Å². The van der Waals surface area contributed by atoms with Gasteiger partial charge in [0.15, 0.2) is 0 Å². The van der Waals surface area contributed by atoms with E-state index in [4.69, 9.17) is 4.74 Å². The second-order valence-corrected chi connectivity index (χ2v) is 5.83. The van der Waals surface area contributed by atoms with Crippen molar-refractivity contribution < 1.29 is 30.7 Å². The van der Waals surface area contributed by atoms with Gasteiger partial charge < -0.3 is 0 Å². The summed E-state index contributed by atoms with van der Waals surface area (Å²) in [5.41, 5.74) is 0. The molecular weight excluding hydrogens is 255 g/mol. The Hall–Kier alpha value is 0.200. The van der Waals surface area contributed by atoms with Gasteiger partial charge in [-0.1, -0.05) is 0 Å². The molecule has 0 aliphatic carbocycles. The molecule has 66 valence electrons. The van der Waals surface area contributed by atoms with Gasteiger partial charge in [-0.25, -0.2) is 0 Å². The molecule has 0 aromatic rings. The number of hydrogen-bond acceptors (Lipinski definition) is 2. The standard InChI is InChI=1S/C8H14IO2/c1-2-11-8(10)7-3-5-9-6-4-7/h7H,2-6H2,1H3/q-1. The molecule has 0 radical (unpaired) electrons. The third kappa shape index (κ3) is 2.97. The predicted molar refractivity (Wildman–Crippen MR) is 39.1 cm³/mol. The first-order chi connectivity index (χ1) is 5.34. The molecule has 0 saturated carbocycles. The van der Waals surface area contributed by atoms with Crippen molar-refractivity contribution >= 4 is 5.97 Å². The van der Waals surface area contributed by atoms with Gasteiger partial charge >= 0.3 is 77.9 Å². The Morgan fingerprint density at radius 3 is 2.73 bits per heavy atom. The number of hydrogen-bond donors (Lipinski definition) is 0. The fraction of sp³-hybridized carbons (Fsp3) is 0.875. The number of ether oxygens (including phenoxy) is 1. The second kappa shape index (κ2) is 4.95. The third-order valence-electron chi connectivity index (χ3n) is 1.80. The molecule has 1 saturated heterocycles. The summed E-state index contributed by atoms with van der Waals surface area (Å²) in [5, 5.41) is 0. The number of carbonyl (C=O) groups is 1. The summed E-state index contributed by atoms with van der Waals surface area (Å²) in [6.07, 6.45) is 2.18. The van der Waals surface area contributed by atoms with Gasteiger partial charge in [0.05, 0.1) is 0 Å². The fourth-order valence-electron chi connectivity index (χ4n) is 1.15. The zero-order chi connectivity index (χ0) is 8.10. The van der Waals surface area contributed by atoms with E-state index in [0.29, 0.717) is 27.8 Å². The Labute approximate surface area is 77.9 Å². The maximum absolute atomic E-state index is 11.2. The van der Waals surface area contributed by atoms with Crippen LogP contribution in [0.25, 0.3) is 0 Å². The van der Waals surface area contributed by atoms with Crippen LogP contribution in [0.5, 0.6) is 0 Å². The normalized spacial score (nSPS) is 20.5. The van der Waals surface area contributed by atoms with E-state index < -0.39 is 0 Å². The van der Waals surface area contributed by atoms with Crippen molar-refractivity contribution in [1.29, 1.82) is 0 Å². The molecule has 0 spiro atoms. The number of rotatable bonds is 2. The molecule has 0 amide bonds. The van der Waals surface area contributed by atoms with Crippen LogP contribution in [0.2, 0.25) is 0 Å². The SMILES string of the molecule is CCOC(=O)C1CC[I-]CC1. The molecule has 0 atom stereocenters. The second-order valence-electron chi connectivity index (χ2n) is 2.59. The summed E-state index contributed by atoms with van der Waals surface area (Å²) in [6, 6.07) is 0. The average Bonchev–Trinajstić information content (AvgIpc) is 2.07. The summed E-state index contributed by atoms with van der Waals surface area (Å²) in [4.78, 5) is 11.2. The zero-order valence-corrected chi connectivity index (χ0v) is 8.96. The van der Waals surface area contributed by atoms with Crippen molar-refractivity contribution in [3.8, 4) is 0 Å². The third-order valence-corrected chi connectivity index (χ3v) is 4.57. The van der Waals surface area contributed by atoms with Gasteiger partial charge in [-0.2, -0.15) is 0 Å². The Morgan fingerprint density at radius 1 is 1.55 bits per heavy atom.